The molecular formula is C12H12ClFN2O2. The Morgan fingerprint density at radius 3 is 3.00 bits per heavy atom. The monoisotopic (exact) mass is 270 g/mol. The van der Waals surface area contributed by atoms with Crippen LogP contribution in [0.1, 0.15) is 24.2 Å². The van der Waals surface area contributed by atoms with Gasteiger partial charge in [-0.05, 0) is 18.6 Å². The van der Waals surface area contributed by atoms with Gasteiger partial charge in [0.15, 0.2) is 5.82 Å². The largest absolute Gasteiger partial charge is 0.393 e. The first-order chi connectivity index (χ1) is 8.56. The summed E-state index contributed by atoms with van der Waals surface area (Å²) in [6.07, 6.45) is -0.0676. The fourth-order valence-corrected chi connectivity index (χ4v) is 1.75. The van der Waals surface area contributed by atoms with Gasteiger partial charge in [0.05, 0.1) is 17.5 Å². The average Bonchev–Trinajstić information content (AvgIpc) is 2.71. The molecule has 1 aromatic heterocycles. The number of hydrogen-bond donors (Lipinski definition) is 1. The number of nitrogens with zero attached hydrogens (tertiary/aromatic N) is 2. The Morgan fingerprint density at radius 2 is 2.28 bits per heavy atom. The van der Waals surface area contributed by atoms with Gasteiger partial charge in [0.2, 0.25) is 5.89 Å². The van der Waals surface area contributed by atoms with Crippen LogP contribution in [0.3, 0.4) is 0 Å². The number of benzene rings is 1. The van der Waals surface area contributed by atoms with Gasteiger partial charge < -0.3 is 9.63 Å². The van der Waals surface area contributed by atoms with Gasteiger partial charge in [0.1, 0.15) is 5.82 Å². The predicted molar refractivity (Wildman–Crippen MR) is 63.9 cm³/mol. The SMILES string of the molecule is CC(O)Cc1nc(Cc2cccc(Cl)c2F)no1. The standard InChI is InChI=1S/C12H12ClFN2O2/c1-7(17)5-11-15-10(16-18-11)6-8-3-2-4-9(13)12(8)14/h2-4,7,17H,5-6H2,1H3. The molecule has 18 heavy (non-hydrogen) atoms. The molecule has 0 fully saturated rings. The second-order valence-corrected chi connectivity index (χ2v) is 4.45. The molecule has 1 aromatic carbocycles. The molecule has 0 bridgehead atoms. The summed E-state index contributed by atoms with van der Waals surface area (Å²) in [5, 5.41) is 13.0. The predicted octanol–water partition coefficient (Wildman–Crippen LogP) is 2.38. The first-order valence-corrected chi connectivity index (χ1v) is 5.86. The zero-order valence-electron chi connectivity index (χ0n) is 9.73. The first kappa shape index (κ1) is 13.0. The van der Waals surface area contributed by atoms with Crippen LogP contribution in [0.2, 0.25) is 5.02 Å². The van der Waals surface area contributed by atoms with E-state index < -0.39 is 11.9 Å². The fourth-order valence-electron chi connectivity index (χ4n) is 1.55. The van der Waals surface area contributed by atoms with E-state index in [0.717, 1.165) is 0 Å². The highest BCUT2D eigenvalue weighted by Crippen LogP contribution is 2.19. The van der Waals surface area contributed by atoms with Gasteiger partial charge >= 0.3 is 0 Å². The van der Waals surface area contributed by atoms with Gasteiger partial charge in [-0.3, -0.25) is 0 Å². The number of aliphatic hydroxyl groups is 1. The van der Waals surface area contributed by atoms with E-state index in [1.54, 1.807) is 19.1 Å². The summed E-state index contributed by atoms with van der Waals surface area (Å²) in [4.78, 5) is 4.07. The topological polar surface area (TPSA) is 59.2 Å². The second kappa shape index (κ2) is 5.46. The Hall–Kier alpha value is -1.46. The minimum absolute atomic E-state index is 0.0696. The molecule has 96 valence electrons. The maximum atomic E-state index is 13.6. The molecule has 2 rings (SSSR count). The highest BCUT2D eigenvalue weighted by molar-refractivity contribution is 6.30. The van der Waals surface area contributed by atoms with Crippen LogP contribution >= 0.6 is 11.6 Å². The normalized spacial score (nSPS) is 12.7. The van der Waals surface area contributed by atoms with Crippen LogP contribution in [-0.4, -0.2) is 21.4 Å². The van der Waals surface area contributed by atoms with Crippen molar-refractivity contribution in [1.29, 1.82) is 0 Å². The van der Waals surface area contributed by atoms with E-state index in [2.05, 4.69) is 10.1 Å². The third-order valence-electron chi connectivity index (χ3n) is 2.36. The number of halogens is 2. The van der Waals surface area contributed by atoms with Gasteiger partial charge in [-0.25, -0.2) is 4.39 Å². The van der Waals surface area contributed by atoms with Crippen molar-refractivity contribution >= 4 is 11.6 Å². The second-order valence-electron chi connectivity index (χ2n) is 4.05. The molecule has 2 aromatic rings. The van der Waals surface area contributed by atoms with Crippen LogP contribution in [0.4, 0.5) is 4.39 Å². The lowest BCUT2D eigenvalue weighted by molar-refractivity contribution is 0.181. The van der Waals surface area contributed by atoms with E-state index in [4.69, 9.17) is 16.1 Å². The summed E-state index contributed by atoms with van der Waals surface area (Å²) in [5.41, 5.74) is 0.409. The Balaban J connectivity index is 2.14. The number of hydrogen-bond acceptors (Lipinski definition) is 4. The van der Waals surface area contributed by atoms with Crippen LogP contribution in [-0.2, 0) is 12.8 Å². The van der Waals surface area contributed by atoms with Crippen LogP contribution in [0.5, 0.6) is 0 Å². The average molecular weight is 271 g/mol. The van der Waals surface area contributed by atoms with Crippen LogP contribution < -0.4 is 0 Å². The summed E-state index contributed by atoms with van der Waals surface area (Å²) in [6, 6.07) is 4.76. The molecule has 0 spiro atoms. The fraction of sp³-hybridized carbons (Fsp3) is 0.333. The molecule has 6 heteroatoms. The summed E-state index contributed by atoms with van der Waals surface area (Å²) < 4.78 is 18.6. The first-order valence-electron chi connectivity index (χ1n) is 5.48. The Labute approximate surface area is 108 Å². The van der Waals surface area contributed by atoms with Gasteiger partial charge in [-0.1, -0.05) is 28.9 Å². The van der Waals surface area contributed by atoms with Crippen molar-refractivity contribution in [2.75, 3.05) is 0 Å². The molecule has 0 saturated heterocycles. The number of aliphatic hydroxyl groups excluding tert-OH is 1. The highest BCUT2D eigenvalue weighted by atomic mass is 35.5. The van der Waals surface area contributed by atoms with Crippen molar-refractivity contribution in [2.24, 2.45) is 0 Å². The van der Waals surface area contributed by atoms with E-state index >= 15 is 0 Å². The molecule has 0 aliphatic carbocycles. The smallest absolute Gasteiger partial charge is 0.229 e. The minimum Gasteiger partial charge on any atom is -0.393 e. The maximum absolute atomic E-state index is 13.6. The molecule has 0 aliphatic rings. The third-order valence-corrected chi connectivity index (χ3v) is 2.65. The summed E-state index contributed by atoms with van der Waals surface area (Å²) >= 11 is 5.68. The van der Waals surface area contributed by atoms with Crippen molar-refractivity contribution in [1.82, 2.24) is 10.1 Å². The molecule has 1 atom stereocenters. The van der Waals surface area contributed by atoms with E-state index in [1.165, 1.54) is 6.07 Å². The van der Waals surface area contributed by atoms with E-state index in [1.807, 2.05) is 0 Å². The van der Waals surface area contributed by atoms with Gasteiger partial charge in [-0.15, -0.1) is 0 Å². The minimum atomic E-state index is -0.554. The van der Waals surface area contributed by atoms with E-state index in [-0.39, 0.29) is 17.9 Å². The Morgan fingerprint density at radius 1 is 1.50 bits per heavy atom. The van der Waals surface area contributed by atoms with E-state index in [9.17, 15) is 9.50 Å². The maximum Gasteiger partial charge on any atom is 0.229 e. The van der Waals surface area contributed by atoms with Crippen molar-refractivity contribution in [2.45, 2.75) is 25.9 Å². The third kappa shape index (κ3) is 3.05. The van der Waals surface area contributed by atoms with Crippen LogP contribution in [0, 0.1) is 5.82 Å². The number of aromatic nitrogens is 2. The van der Waals surface area contributed by atoms with Crippen molar-refractivity contribution in [3.05, 3.63) is 46.3 Å². The molecule has 0 radical (unpaired) electrons. The summed E-state index contributed by atoms with van der Waals surface area (Å²) in [5.74, 6) is 0.232. The molecule has 0 amide bonds. The lowest BCUT2D eigenvalue weighted by Gasteiger charge is -2.00. The lowest BCUT2D eigenvalue weighted by Crippen LogP contribution is -2.04. The Bertz CT molecular complexity index is 543. The zero-order valence-corrected chi connectivity index (χ0v) is 10.5. The molecule has 1 heterocycles. The van der Waals surface area contributed by atoms with Gasteiger partial charge in [0, 0.05) is 6.42 Å². The zero-order chi connectivity index (χ0) is 13.1. The lowest BCUT2D eigenvalue weighted by atomic mass is 10.1. The van der Waals surface area contributed by atoms with Gasteiger partial charge in [-0.2, -0.15) is 4.98 Å². The molecular weight excluding hydrogens is 259 g/mol. The van der Waals surface area contributed by atoms with Crippen LogP contribution in [0.15, 0.2) is 22.7 Å². The van der Waals surface area contributed by atoms with Crippen molar-refractivity contribution in [3.63, 3.8) is 0 Å². The summed E-state index contributed by atoms with van der Waals surface area (Å²) in [6.45, 7) is 1.63. The molecule has 1 unspecified atom stereocenters. The molecule has 1 N–H and O–H groups in total. The van der Waals surface area contributed by atoms with Crippen LogP contribution in [0.25, 0.3) is 0 Å². The quantitative estimate of drug-likeness (QED) is 0.927. The Kier molecular flexibility index (Phi) is 3.93. The van der Waals surface area contributed by atoms with Gasteiger partial charge in [0.25, 0.3) is 0 Å². The highest BCUT2D eigenvalue weighted by Gasteiger charge is 2.12. The summed E-state index contributed by atoms with van der Waals surface area (Å²) in [7, 11) is 0. The molecule has 0 saturated carbocycles. The van der Waals surface area contributed by atoms with E-state index in [0.29, 0.717) is 17.3 Å². The molecule has 0 aliphatic heterocycles. The molecule has 4 nitrogen and oxygen atoms in total. The van der Waals surface area contributed by atoms with Crippen molar-refractivity contribution in [3.8, 4) is 0 Å². The van der Waals surface area contributed by atoms with Crippen molar-refractivity contribution < 1.29 is 14.0 Å². The number of rotatable bonds is 4.